The normalized spacial score (nSPS) is 12.8. The van der Waals surface area contributed by atoms with Gasteiger partial charge in [0.2, 0.25) is 0 Å². The zero-order chi connectivity index (χ0) is 24.5. The molecule has 1 aromatic rings. The highest BCUT2D eigenvalue weighted by atomic mass is 16.5. The maximum atomic E-state index is 11.2. The fourth-order valence-corrected chi connectivity index (χ4v) is 4.05. The quantitative estimate of drug-likeness (QED) is 0.133. The number of carbonyl (C=O) groups is 1. The van der Waals surface area contributed by atoms with Crippen LogP contribution in [0.15, 0.2) is 30.4 Å². The highest BCUT2D eigenvalue weighted by molar-refractivity contribution is 5.68. The number of hydrogen-bond acceptors (Lipinski definition) is 3. The van der Waals surface area contributed by atoms with E-state index in [0.29, 0.717) is 6.42 Å². The van der Waals surface area contributed by atoms with E-state index in [-0.39, 0.29) is 17.5 Å². The molecule has 33 heavy (non-hydrogen) atoms. The Labute approximate surface area is 204 Å². The fraction of sp³-hybridized carbons (Fsp3) is 0.700. The summed E-state index contributed by atoms with van der Waals surface area (Å²) in [5, 5.41) is 0. The summed E-state index contributed by atoms with van der Waals surface area (Å²) in [6.07, 6.45) is 19.5. The van der Waals surface area contributed by atoms with Gasteiger partial charge in [0.25, 0.3) is 0 Å². The molecule has 0 aliphatic rings. The zero-order valence-electron chi connectivity index (χ0n) is 22.4. The van der Waals surface area contributed by atoms with Gasteiger partial charge >= 0.3 is 5.97 Å². The summed E-state index contributed by atoms with van der Waals surface area (Å²) in [4.78, 5) is 11.2. The Kier molecular flexibility index (Phi) is 14.9. The number of carbonyl (C=O) groups excluding carboxylic acids is 1. The van der Waals surface area contributed by atoms with Crippen LogP contribution in [0.5, 0.6) is 5.75 Å². The molecule has 0 saturated heterocycles. The maximum Gasteiger partial charge on any atom is 0.305 e. The first-order valence-corrected chi connectivity index (χ1v) is 13.3. The van der Waals surface area contributed by atoms with Gasteiger partial charge in [-0.1, -0.05) is 96.4 Å². The predicted octanol–water partition coefficient (Wildman–Crippen LogP) is 8.86. The van der Waals surface area contributed by atoms with E-state index < -0.39 is 0 Å². The summed E-state index contributed by atoms with van der Waals surface area (Å²) in [7, 11) is 1.46. The summed E-state index contributed by atoms with van der Waals surface area (Å²) in [5.41, 5.74) is 2.61. The molecule has 1 atom stereocenters. The molecule has 0 aromatic heterocycles. The Balaban J connectivity index is 2.64. The van der Waals surface area contributed by atoms with Crippen LogP contribution in [0.3, 0.4) is 0 Å². The van der Waals surface area contributed by atoms with Crippen LogP contribution in [0.1, 0.15) is 122 Å². The first kappa shape index (κ1) is 29.3. The highest BCUT2D eigenvalue weighted by Crippen LogP contribution is 2.33. The number of unbranched alkanes of at least 4 members (excludes halogenated alkanes) is 9. The van der Waals surface area contributed by atoms with Gasteiger partial charge in [-0.3, -0.25) is 4.79 Å². The Morgan fingerprint density at radius 1 is 0.970 bits per heavy atom. The van der Waals surface area contributed by atoms with Crippen molar-refractivity contribution in [2.24, 2.45) is 0 Å². The van der Waals surface area contributed by atoms with Crippen molar-refractivity contribution in [3.05, 3.63) is 41.5 Å². The Morgan fingerprint density at radius 3 is 2.33 bits per heavy atom. The Hall–Kier alpha value is -1.77. The van der Waals surface area contributed by atoms with Crippen molar-refractivity contribution in [2.75, 3.05) is 7.11 Å². The second kappa shape index (κ2) is 16.8. The van der Waals surface area contributed by atoms with E-state index in [2.05, 4.69) is 65.0 Å². The molecule has 1 aromatic carbocycles. The maximum absolute atomic E-state index is 11.2. The molecular formula is C30H50O3. The van der Waals surface area contributed by atoms with E-state index in [1.807, 2.05) is 0 Å². The molecule has 3 heteroatoms. The SMILES string of the molecule is CCCCCCC/C=C/C(CCCCCCCC(=O)OC)Oc1ccc(C)cc1C(C)(C)C. The van der Waals surface area contributed by atoms with E-state index in [1.54, 1.807) is 0 Å². The molecule has 0 aliphatic heterocycles. The highest BCUT2D eigenvalue weighted by Gasteiger charge is 2.20. The Bertz CT molecular complexity index is 684. The predicted molar refractivity (Wildman–Crippen MR) is 141 cm³/mol. The van der Waals surface area contributed by atoms with Crippen LogP contribution in [0.4, 0.5) is 0 Å². The lowest BCUT2D eigenvalue weighted by Gasteiger charge is -2.26. The van der Waals surface area contributed by atoms with Crippen molar-refractivity contribution >= 4 is 5.97 Å². The van der Waals surface area contributed by atoms with E-state index in [0.717, 1.165) is 44.3 Å². The minimum absolute atomic E-state index is 0.0501. The van der Waals surface area contributed by atoms with Crippen molar-refractivity contribution in [3.8, 4) is 5.75 Å². The van der Waals surface area contributed by atoms with Gasteiger partial charge in [-0.15, -0.1) is 0 Å². The third-order valence-electron chi connectivity index (χ3n) is 6.14. The van der Waals surface area contributed by atoms with Crippen molar-refractivity contribution < 1.29 is 14.3 Å². The summed E-state index contributed by atoms with van der Waals surface area (Å²) in [6, 6.07) is 6.57. The summed E-state index contributed by atoms with van der Waals surface area (Å²) in [6.45, 7) is 11.2. The molecular weight excluding hydrogens is 408 g/mol. The van der Waals surface area contributed by atoms with Gasteiger partial charge in [-0.25, -0.2) is 0 Å². The first-order valence-electron chi connectivity index (χ1n) is 13.3. The third kappa shape index (κ3) is 13.5. The number of benzene rings is 1. The van der Waals surface area contributed by atoms with Crippen molar-refractivity contribution in [1.82, 2.24) is 0 Å². The van der Waals surface area contributed by atoms with Gasteiger partial charge in [-0.2, -0.15) is 0 Å². The van der Waals surface area contributed by atoms with Crippen molar-refractivity contribution in [1.29, 1.82) is 0 Å². The molecule has 1 rings (SSSR count). The van der Waals surface area contributed by atoms with Gasteiger partial charge in [0, 0.05) is 6.42 Å². The van der Waals surface area contributed by atoms with Gasteiger partial charge in [0.05, 0.1) is 7.11 Å². The molecule has 1 unspecified atom stereocenters. The molecule has 0 fully saturated rings. The standard InChI is InChI=1S/C30H50O3/c1-7-8-9-10-11-13-16-19-26(20-17-14-12-15-18-21-29(31)32-6)33-28-23-22-25(2)24-27(28)30(3,4)5/h16,19,22-24,26H,7-15,17-18,20-21H2,1-6H3/b19-16+. The Morgan fingerprint density at radius 2 is 1.64 bits per heavy atom. The summed E-state index contributed by atoms with van der Waals surface area (Å²) >= 11 is 0. The molecule has 0 amide bonds. The first-order chi connectivity index (χ1) is 15.8. The summed E-state index contributed by atoms with van der Waals surface area (Å²) < 4.78 is 11.3. The molecule has 0 N–H and O–H groups in total. The minimum atomic E-state index is -0.101. The van der Waals surface area contributed by atoms with E-state index in [4.69, 9.17) is 9.47 Å². The molecule has 188 valence electrons. The third-order valence-corrected chi connectivity index (χ3v) is 6.14. The van der Waals surface area contributed by atoms with Crippen LogP contribution in [0.2, 0.25) is 0 Å². The molecule has 0 heterocycles. The van der Waals surface area contributed by atoms with Crippen LogP contribution in [-0.2, 0) is 14.9 Å². The van der Waals surface area contributed by atoms with Crippen LogP contribution in [-0.4, -0.2) is 19.2 Å². The van der Waals surface area contributed by atoms with E-state index in [1.165, 1.54) is 56.8 Å². The smallest absolute Gasteiger partial charge is 0.305 e. The lowest BCUT2D eigenvalue weighted by atomic mass is 9.85. The van der Waals surface area contributed by atoms with Crippen molar-refractivity contribution in [3.63, 3.8) is 0 Å². The summed E-state index contributed by atoms with van der Waals surface area (Å²) in [5.74, 6) is 0.916. The molecule has 0 saturated carbocycles. The largest absolute Gasteiger partial charge is 0.486 e. The monoisotopic (exact) mass is 458 g/mol. The van der Waals surface area contributed by atoms with Crippen molar-refractivity contribution in [2.45, 2.75) is 130 Å². The lowest BCUT2D eigenvalue weighted by Crippen LogP contribution is -2.19. The number of ether oxygens (including phenoxy) is 2. The van der Waals surface area contributed by atoms with Crippen LogP contribution in [0, 0.1) is 6.92 Å². The van der Waals surface area contributed by atoms with Gasteiger partial charge in [0.1, 0.15) is 11.9 Å². The number of rotatable bonds is 17. The topological polar surface area (TPSA) is 35.5 Å². The average molecular weight is 459 g/mol. The average Bonchev–Trinajstić information content (AvgIpc) is 2.77. The number of hydrogen-bond donors (Lipinski definition) is 0. The number of allylic oxidation sites excluding steroid dienone is 1. The molecule has 0 spiro atoms. The fourth-order valence-electron chi connectivity index (χ4n) is 4.05. The molecule has 0 aliphatic carbocycles. The number of methoxy groups -OCH3 is 1. The van der Waals surface area contributed by atoms with Crippen LogP contribution in [0.25, 0.3) is 0 Å². The second-order valence-corrected chi connectivity index (χ2v) is 10.4. The lowest BCUT2D eigenvalue weighted by molar-refractivity contribution is -0.140. The van der Waals surface area contributed by atoms with E-state index in [9.17, 15) is 4.79 Å². The van der Waals surface area contributed by atoms with Crippen LogP contribution >= 0.6 is 0 Å². The van der Waals surface area contributed by atoms with Gasteiger partial charge in [0.15, 0.2) is 0 Å². The zero-order valence-corrected chi connectivity index (χ0v) is 22.4. The number of aryl methyl sites for hydroxylation is 1. The minimum Gasteiger partial charge on any atom is -0.486 e. The van der Waals surface area contributed by atoms with Crippen LogP contribution < -0.4 is 4.74 Å². The number of esters is 1. The van der Waals surface area contributed by atoms with Gasteiger partial charge < -0.3 is 9.47 Å². The molecule has 3 nitrogen and oxygen atoms in total. The van der Waals surface area contributed by atoms with Gasteiger partial charge in [-0.05, 0) is 62.1 Å². The van der Waals surface area contributed by atoms with E-state index >= 15 is 0 Å². The molecule has 0 bridgehead atoms. The molecule has 0 radical (unpaired) electrons. The second-order valence-electron chi connectivity index (χ2n) is 10.4.